The number of phenolic OH excluding ortho intramolecular Hbond substituents is 1. The number of carbonyl (C=O) groups is 1. The van der Waals surface area contributed by atoms with Crippen LogP contribution < -0.4 is 0 Å². The molecule has 1 heterocycles. The number of aromatic nitrogens is 3. The fourth-order valence-corrected chi connectivity index (χ4v) is 2.33. The van der Waals surface area contributed by atoms with Crippen LogP contribution in [-0.4, -0.2) is 44.9 Å². The van der Waals surface area contributed by atoms with E-state index < -0.39 is 5.97 Å². The third kappa shape index (κ3) is 2.74. The van der Waals surface area contributed by atoms with Gasteiger partial charge in [0.05, 0.1) is 12.7 Å². The van der Waals surface area contributed by atoms with Gasteiger partial charge in [0.1, 0.15) is 22.5 Å². The molecule has 2 N–H and O–H groups in total. The first-order valence-electron chi connectivity index (χ1n) is 7.01. The number of benzene rings is 2. The van der Waals surface area contributed by atoms with Crippen LogP contribution in [0.1, 0.15) is 15.9 Å². The standard InChI is InChI=1S/C16H15N3O4/c1-23-16(22)11-3-2-4-12-15(11)18-19(17-12)13-9-10(7-8-20)5-6-14(13)21/h2-6,9,20-21H,7-8H2,1H3. The van der Waals surface area contributed by atoms with E-state index >= 15 is 0 Å². The Morgan fingerprint density at radius 2 is 2.09 bits per heavy atom. The van der Waals surface area contributed by atoms with Crippen molar-refractivity contribution in [1.29, 1.82) is 0 Å². The molecule has 0 bridgehead atoms. The molecule has 0 saturated carbocycles. The number of hydrogen-bond donors (Lipinski definition) is 2. The van der Waals surface area contributed by atoms with Crippen LogP contribution in [0.3, 0.4) is 0 Å². The molecule has 118 valence electrons. The Hall–Kier alpha value is -2.93. The number of aliphatic hydroxyl groups is 1. The van der Waals surface area contributed by atoms with Gasteiger partial charge in [0, 0.05) is 6.61 Å². The van der Waals surface area contributed by atoms with Gasteiger partial charge in [-0.15, -0.1) is 15.0 Å². The van der Waals surface area contributed by atoms with E-state index in [1.807, 2.05) is 0 Å². The number of phenols is 1. The predicted molar refractivity (Wildman–Crippen MR) is 82.7 cm³/mol. The van der Waals surface area contributed by atoms with Gasteiger partial charge in [-0.1, -0.05) is 12.1 Å². The lowest BCUT2D eigenvalue weighted by Gasteiger charge is -2.05. The van der Waals surface area contributed by atoms with Crippen molar-refractivity contribution in [1.82, 2.24) is 15.0 Å². The molecule has 0 aliphatic carbocycles. The number of nitrogens with zero attached hydrogens (tertiary/aromatic N) is 3. The summed E-state index contributed by atoms with van der Waals surface area (Å²) >= 11 is 0. The highest BCUT2D eigenvalue weighted by Crippen LogP contribution is 2.24. The van der Waals surface area contributed by atoms with Gasteiger partial charge >= 0.3 is 5.97 Å². The Bertz CT molecular complexity index is 873. The number of methoxy groups -OCH3 is 1. The number of esters is 1. The summed E-state index contributed by atoms with van der Waals surface area (Å²) in [7, 11) is 1.30. The molecular formula is C16H15N3O4. The van der Waals surface area contributed by atoms with Crippen LogP contribution in [-0.2, 0) is 11.2 Å². The number of carbonyl (C=O) groups excluding carboxylic acids is 1. The van der Waals surface area contributed by atoms with Gasteiger partial charge in [-0.25, -0.2) is 4.79 Å². The monoisotopic (exact) mass is 313 g/mol. The van der Waals surface area contributed by atoms with Crippen LogP contribution in [0.25, 0.3) is 16.7 Å². The van der Waals surface area contributed by atoms with Gasteiger partial charge in [0.15, 0.2) is 0 Å². The Morgan fingerprint density at radius 1 is 1.26 bits per heavy atom. The van der Waals surface area contributed by atoms with Gasteiger partial charge in [-0.2, -0.15) is 0 Å². The molecule has 0 atom stereocenters. The van der Waals surface area contributed by atoms with E-state index in [0.717, 1.165) is 5.56 Å². The van der Waals surface area contributed by atoms with Crippen LogP contribution in [0.2, 0.25) is 0 Å². The molecule has 0 amide bonds. The van der Waals surface area contributed by atoms with Gasteiger partial charge in [-0.05, 0) is 36.2 Å². The Labute approximate surface area is 131 Å². The molecule has 0 aliphatic rings. The van der Waals surface area contributed by atoms with Crippen molar-refractivity contribution in [3.05, 3.63) is 47.5 Å². The zero-order valence-corrected chi connectivity index (χ0v) is 12.4. The van der Waals surface area contributed by atoms with E-state index in [1.165, 1.54) is 18.0 Å². The van der Waals surface area contributed by atoms with E-state index in [4.69, 9.17) is 9.84 Å². The highest BCUT2D eigenvalue weighted by atomic mass is 16.5. The van der Waals surface area contributed by atoms with E-state index in [0.29, 0.717) is 28.7 Å². The van der Waals surface area contributed by atoms with Gasteiger partial charge in [0.25, 0.3) is 0 Å². The third-order valence-electron chi connectivity index (χ3n) is 3.47. The molecule has 0 saturated heterocycles. The average molecular weight is 313 g/mol. The van der Waals surface area contributed by atoms with Crippen molar-refractivity contribution in [2.75, 3.05) is 13.7 Å². The number of ether oxygens (including phenoxy) is 1. The molecule has 23 heavy (non-hydrogen) atoms. The van der Waals surface area contributed by atoms with Crippen LogP contribution in [0.5, 0.6) is 5.75 Å². The number of aromatic hydroxyl groups is 1. The summed E-state index contributed by atoms with van der Waals surface area (Å²) in [4.78, 5) is 13.1. The fraction of sp³-hybridized carbons (Fsp3) is 0.188. The molecule has 0 aliphatic heterocycles. The first kappa shape index (κ1) is 15.0. The largest absolute Gasteiger partial charge is 0.506 e. The summed E-state index contributed by atoms with van der Waals surface area (Å²) in [6.45, 7) is 0.00517. The van der Waals surface area contributed by atoms with Crippen molar-refractivity contribution >= 4 is 17.0 Å². The molecule has 1 aromatic heterocycles. The molecular weight excluding hydrogens is 298 g/mol. The molecule has 7 heteroatoms. The summed E-state index contributed by atoms with van der Waals surface area (Å²) < 4.78 is 4.74. The normalized spacial score (nSPS) is 10.9. The maximum Gasteiger partial charge on any atom is 0.340 e. The molecule has 0 fully saturated rings. The number of fused-ring (bicyclic) bond motifs is 1. The highest BCUT2D eigenvalue weighted by Gasteiger charge is 2.16. The smallest absolute Gasteiger partial charge is 0.340 e. The molecule has 0 spiro atoms. The molecule has 7 nitrogen and oxygen atoms in total. The summed E-state index contributed by atoms with van der Waals surface area (Å²) in [5, 5.41) is 27.7. The lowest BCUT2D eigenvalue weighted by atomic mass is 10.1. The van der Waals surface area contributed by atoms with Gasteiger partial charge in [-0.3, -0.25) is 0 Å². The summed E-state index contributed by atoms with van der Waals surface area (Å²) in [6, 6.07) is 9.96. The van der Waals surface area contributed by atoms with Gasteiger partial charge in [0.2, 0.25) is 0 Å². The first-order chi connectivity index (χ1) is 11.1. The van der Waals surface area contributed by atoms with Crippen molar-refractivity contribution in [2.45, 2.75) is 6.42 Å². The second-order valence-corrected chi connectivity index (χ2v) is 4.95. The molecule has 2 aromatic carbocycles. The number of hydrogen-bond acceptors (Lipinski definition) is 6. The first-order valence-corrected chi connectivity index (χ1v) is 7.01. The third-order valence-corrected chi connectivity index (χ3v) is 3.47. The number of rotatable bonds is 4. The van der Waals surface area contributed by atoms with E-state index in [-0.39, 0.29) is 12.4 Å². The van der Waals surface area contributed by atoms with E-state index in [1.54, 1.807) is 30.3 Å². The molecule has 3 rings (SSSR count). The fourth-order valence-electron chi connectivity index (χ4n) is 2.33. The Balaban J connectivity index is 2.14. The van der Waals surface area contributed by atoms with Crippen molar-refractivity contribution in [3.8, 4) is 11.4 Å². The minimum atomic E-state index is -0.499. The number of aliphatic hydroxyl groups excluding tert-OH is 1. The minimum Gasteiger partial charge on any atom is -0.506 e. The van der Waals surface area contributed by atoms with Crippen molar-refractivity contribution in [3.63, 3.8) is 0 Å². The van der Waals surface area contributed by atoms with Crippen LogP contribution in [0.4, 0.5) is 0 Å². The lowest BCUT2D eigenvalue weighted by molar-refractivity contribution is 0.0602. The quantitative estimate of drug-likeness (QED) is 0.708. The zero-order chi connectivity index (χ0) is 16.4. The van der Waals surface area contributed by atoms with Gasteiger partial charge < -0.3 is 14.9 Å². The summed E-state index contributed by atoms with van der Waals surface area (Å²) in [5.74, 6) is -0.493. The van der Waals surface area contributed by atoms with Crippen molar-refractivity contribution < 1.29 is 19.7 Å². The Morgan fingerprint density at radius 3 is 2.83 bits per heavy atom. The van der Waals surface area contributed by atoms with E-state index in [9.17, 15) is 9.90 Å². The SMILES string of the molecule is COC(=O)c1cccc2nn(-c3cc(CCO)ccc3O)nc12. The average Bonchev–Trinajstić information content (AvgIpc) is 2.99. The van der Waals surface area contributed by atoms with Crippen molar-refractivity contribution in [2.24, 2.45) is 0 Å². The Kier molecular flexibility index (Phi) is 3.94. The molecule has 0 radical (unpaired) electrons. The second kappa shape index (κ2) is 6.05. The zero-order valence-electron chi connectivity index (χ0n) is 12.4. The maximum atomic E-state index is 11.8. The summed E-state index contributed by atoms with van der Waals surface area (Å²) in [6.07, 6.45) is 0.460. The van der Waals surface area contributed by atoms with Crippen LogP contribution >= 0.6 is 0 Å². The molecule has 3 aromatic rings. The lowest BCUT2D eigenvalue weighted by Crippen LogP contribution is -2.03. The summed E-state index contributed by atoms with van der Waals surface area (Å²) in [5.41, 5.74) is 2.44. The maximum absolute atomic E-state index is 11.8. The highest BCUT2D eigenvalue weighted by molar-refractivity contribution is 6.01. The van der Waals surface area contributed by atoms with E-state index in [2.05, 4.69) is 10.2 Å². The minimum absolute atomic E-state index is 0.00517. The van der Waals surface area contributed by atoms with Crippen LogP contribution in [0, 0.1) is 0 Å². The second-order valence-electron chi connectivity index (χ2n) is 4.95. The molecule has 0 unspecified atom stereocenters. The predicted octanol–water partition coefficient (Wildman–Crippen LogP) is 1.45. The van der Waals surface area contributed by atoms with Crippen LogP contribution in [0.15, 0.2) is 36.4 Å². The topological polar surface area (TPSA) is 97.5 Å².